The van der Waals surface area contributed by atoms with Gasteiger partial charge in [-0.2, -0.15) is 5.10 Å². The minimum absolute atomic E-state index is 0.0477. The molecule has 0 atom stereocenters. The number of carbonyl (C=O) groups excluding carboxylic acids is 1. The van der Waals surface area contributed by atoms with Gasteiger partial charge in [0.05, 0.1) is 12.1 Å². The number of nitrogens with one attached hydrogen (secondary N) is 2. The maximum atomic E-state index is 11.9. The molecule has 0 saturated heterocycles. The van der Waals surface area contributed by atoms with Crippen LogP contribution in [-0.2, 0) is 11.2 Å². The van der Waals surface area contributed by atoms with Crippen molar-refractivity contribution in [3.8, 4) is 0 Å². The zero-order chi connectivity index (χ0) is 13.1. The summed E-state index contributed by atoms with van der Waals surface area (Å²) in [5.41, 5.74) is 4.84. The minimum atomic E-state index is -0.0477. The van der Waals surface area contributed by atoms with E-state index in [4.69, 9.17) is 0 Å². The molecule has 0 fully saturated rings. The van der Waals surface area contributed by atoms with Crippen LogP contribution in [0.3, 0.4) is 0 Å². The summed E-state index contributed by atoms with van der Waals surface area (Å²) < 4.78 is 0. The first-order valence-electron chi connectivity index (χ1n) is 5.92. The normalized spacial score (nSPS) is 10.4. The fraction of sp³-hybridized carbons (Fsp3) is 0.286. The van der Waals surface area contributed by atoms with Crippen LogP contribution in [0.1, 0.15) is 22.5 Å². The zero-order valence-electron chi connectivity index (χ0n) is 10.9. The Morgan fingerprint density at radius 1 is 1.28 bits per heavy atom. The molecule has 1 heterocycles. The van der Waals surface area contributed by atoms with E-state index in [2.05, 4.69) is 15.5 Å². The van der Waals surface area contributed by atoms with Gasteiger partial charge in [0, 0.05) is 11.4 Å². The first-order valence-corrected chi connectivity index (χ1v) is 5.92. The monoisotopic (exact) mass is 243 g/mol. The van der Waals surface area contributed by atoms with Gasteiger partial charge in [-0.25, -0.2) is 0 Å². The summed E-state index contributed by atoms with van der Waals surface area (Å²) in [5, 5.41) is 9.78. The fourth-order valence-corrected chi connectivity index (χ4v) is 1.88. The molecule has 0 aliphatic rings. The van der Waals surface area contributed by atoms with Crippen molar-refractivity contribution in [2.45, 2.75) is 27.2 Å². The van der Waals surface area contributed by atoms with Crippen LogP contribution in [0.4, 0.5) is 5.69 Å². The van der Waals surface area contributed by atoms with Crippen LogP contribution >= 0.6 is 0 Å². The molecule has 2 N–H and O–H groups in total. The number of amides is 1. The molecule has 4 heteroatoms. The van der Waals surface area contributed by atoms with E-state index in [-0.39, 0.29) is 12.3 Å². The molecular formula is C14H17N3O. The topological polar surface area (TPSA) is 57.8 Å². The van der Waals surface area contributed by atoms with Crippen LogP contribution in [0.2, 0.25) is 0 Å². The van der Waals surface area contributed by atoms with Crippen LogP contribution in [-0.4, -0.2) is 16.1 Å². The van der Waals surface area contributed by atoms with E-state index in [1.165, 1.54) is 5.56 Å². The molecule has 4 nitrogen and oxygen atoms in total. The van der Waals surface area contributed by atoms with Crippen molar-refractivity contribution in [1.29, 1.82) is 0 Å². The largest absolute Gasteiger partial charge is 0.326 e. The minimum Gasteiger partial charge on any atom is -0.326 e. The molecule has 0 unspecified atom stereocenters. The second kappa shape index (κ2) is 5.04. The Morgan fingerprint density at radius 2 is 2.06 bits per heavy atom. The first kappa shape index (κ1) is 12.4. The maximum absolute atomic E-state index is 11.9. The molecule has 1 aromatic heterocycles. The van der Waals surface area contributed by atoms with E-state index in [1.54, 1.807) is 0 Å². The second-order valence-electron chi connectivity index (χ2n) is 4.59. The van der Waals surface area contributed by atoms with E-state index >= 15 is 0 Å². The number of aromatic amines is 1. The summed E-state index contributed by atoms with van der Waals surface area (Å²) in [7, 11) is 0. The number of H-pyrrole nitrogens is 1. The van der Waals surface area contributed by atoms with E-state index in [0.717, 1.165) is 22.6 Å². The molecule has 1 aromatic carbocycles. The third-order valence-electron chi connectivity index (χ3n) is 2.76. The van der Waals surface area contributed by atoms with Crippen molar-refractivity contribution in [2.24, 2.45) is 0 Å². The highest BCUT2D eigenvalue weighted by Gasteiger charge is 2.08. The number of aromatic nitrogens is 2. The highest BCUT2D eigenvalue weighted by Crippen LogP contribution is 2.16. The van der Waals surface area contributed by atoms with Gasteiger partial charge in [-0.1, -0.05) is 17.7 Å². The lowest BCUT2D eigenvalue weighted by atomic mass is 10.1. The number of hydrogen-bond donors (Lipinski definition) is 2. The van der Waals surface area contributed by atoms with Crippen LogP contribution in [0.25, 0.3) is 0 Å². The predicted molar refractivity (Wildman–Crippen MR) is 71.6 cm³/mol. The Labute approximate surface area is 106 Å². The van der Waals surface area contributed by atoms with E-state index in [0.29, 0.717) is 0 Å². The molecule has 94 valence electrons. The third-order valence-corrected chi connectivity index (χ3v) is 2.76. The van der Waals surface area contributed by atoms with Gasteiger partial charge in [0.1, 0.15) is 0 Å². The fourth-order valence-electron chi connectivity index (χ4n) is 1.88. The molecule has 0 aliphatic carbocycles. The summed E-state index contributed by atoms with van der Waals surface area (Å²) in [4.78, 5) is 11.9. The number of nitrogens with zero attached hydrogens (tertiary/aromatic N) is 1. The molecule has 2 aromatic rings. The lowest BCUT2D eigenvalue weighted by Gasteiger charge is -2.08. The van der Waals surface area contributed by atoms with Gasteiger partial charge in [-0.15, -0.1) is 0 Å². The Morgan fingerprint density at radius 3 is 2.67 bits per heavy atom. The Hall–Kier alpha value is -2.10. The molecule has 2 rings (SSSR count). The Balaban J connectivity index is 2.03. The number of hydrogen-bond acceptors (Lipinski definition) is 2. The molecule has 18 heavy (non-hydrogen) atoms. The highest BCUT2D eigenvalue weighted by molar-refractivity contribution is 5.92. The molecule has 1 amide bonds. The maximum Gasteiger partial charge on any atom is 0.230 e. The van der Waals surface area contributed by atoms with E-state index in [1.807, 2.05) is 45.0 Å². The Bertz CT molecular complexity index is 572. The molecule has 0 spiro atoms. The van der Waals surface area contributed by atoms with Gasteiger partial charge in [0.2, 0.25) is 5.91 Å². The van der Waals surface area contributed by atoms with Crippen LogP contribution in [0.15, 0.2) is 24.3 Å². The van der Waals surface area contributed by atoms with E-state index < -0.39 is 0 Å². The van der Waals surface area contributed by atoms with Gasteiger partial charge >= 0.3 is 0 Å². The van der Waals surface area contributed by atoms with Crippen LogP contribution in [0, 0.1) is 20.8 Å². The summed E-state index contributed by atoms with van der Waals surface area (Å²) in [6.07, 6.45) is 0.289. The first-order chi connectivity index (χ1) is 8.54. The molecule has 0 aliphatic heterocycles. The van der Waals surface area contributed by atoms with Crippen molar-refractivity contribution in [3.05, 3.63) is 46.8 Å². The lowest BCUT2D eigenvalue weighted by Crippen LogP contribution is -2.15. The van der Waals surface area contributed by atoms with Crippen LogP contribution in [0.5, 0.6) is 0 Å². The number of benzene rings is 1. The third kappa shape index (κ3) is 2.97. The van der Waals surface area contributed by atoms with Crippen molar-refractivity contribution >= 4 is 11.6 Å². The summed E-state index contributed by atoms with van der Waals surface area (Å²) in [6, 6.07) is 7.84. The SMILES string of the molecule is Cc1ccc(NC(=O)Cc2cc(C)[nH]n2)c(C)c1. The van der Waals surface area contributed by atoms with Crippen molar-refractivity contribution < 1.29 is 4.79 Å². The zero-order valence-corrected chi connectivity index (χ0v) is 10.9. The average Bonchev–Trinajstić information content (AvgIpc) is 2.68. The Kier molecular flexibility index (Phi) is 3.46. The number of aryl methyl sites for hydroxylation is 3. The summed E-state index contributed by atoms with van der Waals surface area (Å²) >= 11 is 0. The number of rotatable bonds is 3. The molecular weight excluding hydrogens is 226 g/mol. The molecule has 0 radical (unpaired) electrons. The smallest absolute Gasteiger partial charge is 0.230 e. The van der Waals surface area contributed by atoms with Gasteiger partial charge in [0.15, 0.2) is 0 Å². The lowest BCUT2D eigenvalue weighted by molar-refractivity contribution is -0.115. The summed E-state index contributed by atoms with van der Waals surface area (Å²) in [5.74, 6) is -0.0477. The number of anilines is 1. The predicted octanol–water partition coefficient (Wildman–Crippen LogP) is 2.52. The van der Waals surface area contributed by atoms with Gasteiger partial charge in [-0.3, -0.25) is 9.89 Å². The van der Waals surface area contributed by atoms with Gasteiger partial charge in [-0.05, 0) is 38.5 Å². The highest BCUT2D eigenvalue weighted by atomic mass is 16.1. The standard InChI is InChI=1S/C14H17N3O/c1-9-4-5-13(10(2)6-9)15-14(18)8-12-7-11(3)16-17-12/h4-7H,8H2,1-3H3,(H,15,18)(H,16,17). The summed E-state index contributed by atoms with van der Waals surface area (Å²) in [6.45, 7) is 5.94. The molecule has 0 bridgehead atoms. The average molecular weight is 243 g/mol. The van der Waals surface area contributed by atoms with Gasteiger partial charge < -0.3 is 5.32 Å². The van der Waals surface area contributed by atoms with Crippen molar-refractivity contribution in [3.63, 3.8) is 0 Å². The van der Waals surface area contributed by atoms with Crippen LogP contribution < -0.4 is 5.32 Å². The van der Waals surface area contributed by atoms with E-state index in [9.17, 15) is 4.79 Å². The molecule has 0 saturated carbocycles. The quantitative estimate of drug-likeness (QED) is 0.870. The van der Waals surface area contributed by atoms with Crippen molar-refractivity contribution in [1.82, 2.24) is 10.2 Å². The van der Waals surface area contributed by atoms with Crippen molar-refractivity contribution in [2.75, 3.05) is 5.32 Å². The van der Waals surface area contributed by atoms with Gasteiger partial charge in [0.25, 0.3) is 0 Å². The second-order valence-corrected chi connectivity index (χ2v) is 4.59. The number of carbonyl (C=O) groups is 1.